The minimum absolute atomic E-state index is 0.0310. The van der Waals surface area contributed by atoms with Gasteiger partial charge in [-0.2, -0.15) is 4.98 Å². The fourth-order valence-corrected chi connectivity index (χ4v) is 3.85. The Balaban J connectivity index is 1.81. The van der Waals surface area contributed by atoms with Crippen LogP contribution < -0.4 is 15.4 Å². The maximum absolute atomic E-state index is 13.0. The van der Waals surface area contributed by atoms with Crippen LogP contribution in [0.25, 0.3) is 0 Å². The molecule has 0 aliphatic carbocycles. The zero-order valence-corrected chi connectivity index (χ0v) is 17.4. The van der Waals surface area contributed by atoms with Crippen molar-refractivity contribution in [2.75, 3.05) is 37.9 Å². The number of amides is 1. The molecule has 2 heterocycles. The second-order valence-corrected chi connectivity index (χ2v) is 7.74. The number of nitrogens with one attached hydrogen (secondary N) is 2. The molecule has 1 aromatic carbocycles. The van der Waals surface area contributed by atoms with E-state index in [0.717, 1.165) is 19.5 Å². The van der Waals surface area contributed by atoms with E-state index >= 15 is 0 Å². The van der Waals surface area contributed by atoms with Crippen LogP contribution in [0.3, 0.4) is 0 Å². The van der Waals surface area contributed by atoms with Gasteiger partial charge in [0.05, 0.1) is 19.0 Å². The number of nitrogens with zero attached hydrogens (tertiary/aromatic N) is 3. The highest BCUT2D eigenvalue weighted by molar-refractivity contribution is 6.32. The molecule has 1 aromatic heterocycles. The van der Waals surface area contributed by atoms with Gasteiger partial charge in [-0.3, -0.25) is 4.79 Å². The number of carbonyl (C=O) groups is 1. The molecule has 8 heteroatoms. The molecule has 0 bridgehead atoms. The van der Waals surface area contributed by atoms with Crippen molar-refractivity contribution in [3.8, 4) is 5.75 Å². The van der Waals surface area contributed by atoms with Crippen molar-refractivity contribution in [3.05, 3.63) is 35.0 Å². The lowest BCUT2D eigenvalue weighted by Gasteiger charge is -2.35. The molecule has 1 aliphatic rings. The zero-order valence-electron chi connectivity index (χ0n) is 16.6. The molecule has 1 aliphatic heterocycles. The molecule has 1 saturated heterocycles. The number of ether oxygens (including phenoxy) is 1. The number of aromatic nitrogens is 2. The van der Waals surface area contributed by atoms with Crippen LogP contribution in [0.4, 0.5) is 17.5 Å². The third-order valence-electron chi connectivity index (χ3n) is 4.83. The number of hydrogen-bond donors (Lipinski definition) is 2. The molecular weight excluding hydrogens is 378 g/mol. The number of methoxy groups -OCH3 is 1. The van der Waals surface area contributed by atoms with E-state index in [1.807, 2.05) is 4.90 Å². The zero-order chi connectivity index (χ0) is 20.3. The monoisotopic (exact) mass is 403 g/mol. The summed E-state index contributed by atoms with van der Waals surface area (Å²) in [5, 5.41) is 6.46. The highest BCUT2D eigenvalue weighted by Crippen LogP contribution is 2.30. The van der Waals surface area contributed by atoms with Gasteiger partial charge in [0.1, 0.15) is 16.6 Å². The Morgan fingerprint density at radius 1 is 1.29 bits per heavy atom. The minimum Gasteiger partial charge on any atom is -0.495 e. The molecule has 28 heavy (non-hydrogen) atoms. The first-order valence-electron chi connectivity index (χ1n) is 9.35. The molecule has 7 nitrogen and oxygen atoms in total. The van der Waals surface area contributed by atoms with E-state index in [1.165, 1.54) is 6.20 Å². The molecule has 2 N–H and O–H groups in total. The Morgan fingerprint density at radius 3 is 2.64 bits per heavy atom. The van der Waals surface area contributed by atoms with Crippen molar-refractivity contribution in [3.63, 3.8) is 0 Å². The molecule has 2 unspecified atom stereocenters. The lowest BCUT2D eigenvalue weighted by Crippen LogP contribution is -2.42. The van der Waals surface area contributed by atoms with E-state index < -0.39 is 0 Å². The van der Waals surface area contributed by atoms with Gasteiger partial charge in [0, 0.05) is 25.7 Å². The van der Waals surface area contributed by atoms with E-state index in [0.29, 0.717) is 45.6 Å². The molecule has 0 saturated carbocycles. The Labute approximate surface area is 170 Å². The van der Waals surface area contributed by atoms with Crippen LogP contribution in [0.2, 0.25) is 5.02 Å². The third-order valence-corrected chi connectivity index (χ3v) is 5.11. The summed E-state index contributed by atoms with van der Waals surface area (Å²) in [5.74, 6) is 2.51. The average Bonchev–Trinajstić information content (AvgIpc) is 2.68. The van der Waals surface area contributed by atoms with Crippen molar-refractivity contribution in [2.24, 2.45) is 11.8 Å². The van der Waals surface area contributed by atoms with Crippen molar-refractivity contribution >= 4 is 35.0 Å². The largest absolute Gasteiger partial charge is 0.495 e. The van der Waals surface area contributed by atoms with Gasteiger partial charge < -0.3 is 20.3 Å². The van der Waals surface area contributed by atoms with E-state index in [9.17, 15) is 4.79 Å². The topological polar surface area (TPSA) is 79.4 Å². The summed E-state index contributed by atoms with van der Waals surface area (Å²) >= 11 is 6.03. The Morgan fingerprint density at radius 2 is 2.00 bits per heavy atom. The number of likely N-dealkylation sites (tertiary alicyclic amines) is 1. The average molecular weight is 404 g/mol. The Kier molecular flexibility index (Phi) is 6.24. The first-order chi connectivity index (χ1) is 13.4. The quantitative estimate of drug-likeness (QED) is 0.784. The van der Waals surface area contributed by atoms with Gasteiger partial charge in [-0.15, -0.1) is 0 Å². The fourth-order valence-electron chi connectivity index (χ4n) is 3.66. The summed E-state index contributed by atoms with van der Waals surface area (Å²) in [7, 11) is 3.31. The summed E-state index contributed by atoms with van der Waals surface area (Å²) in [4.78, 5) is 23.4. The van der Waals surface area contributed by atoms with Gasteiger partial charge in [-0.05, 0) is 36.5 Å². The number of benzene rings is 1. The third kappa shape index (κ3) is 4.47. The summed E-state index contributed by atoms with van der Waals surface area (Å²) in [6.07, 6.45) is 2.68. The van der Waals surface area contributed by atoms with Crippen molar-refractivity contribution in [2.45, 2.75) is 20.3 Å². The molecule has 1 amide bonds. The van der Waals surface area contributed by atoms with Crippen molar-refractivity contribution < 1.29 is 9.53 Å². The van der Waals surface area contributed by atoms with Crippen LogP contribution in [0.1, 0.15) is 30.6 Å². The van der Waals surface area contributed by atoms with Gasteiger partial charge in [0.2, 0.25) is 5.95 Å². The number of piperidine rings is 1. The molecule has 1 fully saturated rings. The van der Waals surface area contributed by atoms with Crippen molar-refractivity contribution in [1.29, 1.82) is 0 Å². The van der Waals surface area contributed by atoms with E-state index in [4.69, 9.17) is 16.3 Å². The number of rotatable bonds is 5. The van der Waals surface area contributed by atoms with Gasteiger partial charge >= 0.3 is 0 Å². The normalized spacial score (nSPS) is 19.2. The summed E-state index contributed by atoms with van der Waals surface area (Å²) in [6.45, 7) is 5.96. The molecule has 3 rings (SSSR count). The van der Waals surface area contributed by atoms with Crippen LogP contribution in [-0.2, 0) is 0 Å². The highest BCUT2D eigenvalue weighted by Gasteiger charge is 2.26. The van der Waals surface area contributed by atoms with Crippen LogP contribution >= 0.6 is 11.6 Å². The minimum atomic E-state index is 0.0310. The maximum atomic E-state index is 13.0. The maximum Gasteiger partial charge on any atom is 0.254 e. The predicted octanol–water partition coefficient (Wildman–Crippen LogP) is 4.04. The predicted molar refractivity (Wildman–Crippen MR) is 112 cm³/mol. The molecule has 2 atom stereocenters. The van der Waals surface area contributed by atoms with Gasteiger partial charge in [0.25, 0.3) is 5.91 Å². The van der Waals surface area contributed by atoms with Gasteiger partial charge in [0.15, 0.2) is 0 Å². The van der Waals surface area contributed by atoms with Gasteiger partial charge in [-0.25, -0.2) is 4.98 Å². The second-order valence-electron chi connectivity index (χ2n) is 7.34. The summed E-state index contributed by atoms with van der Waals surface area (Å²) in [5.41, 5.74) is 1.28. The van der Waals surface area contributed by atoms with E-state index in [1.54, 1.807) is 32.4 Å². The molecule has 2 aromatic rings. The first-order valence-corrected chi connectivity index (χ1v) is 9.73. The summed E-state index contributed by atoms with van der Waals surface area (Å²) < 4.78 is 5.49. The lowest BCUT2D eigenvalue weighted by molar-refractivity contribution is 0.0623. The Hall–Kier alpha value is -2.54. The Bertz CT molecular complexity index is 850. The molecule has 0 spiro atoms. The van der Waals surface area contributed by atoms with Crippen molar-refractivity contribution in [1.82, 2.24) is 14.9 Å². The number of carbonyl (C=O) groups excluding carboxylic acids is 1. The molecule has 0 radical (unpaired) electrons. The van der Waals surface area contributed by atoms with Crippen LogP contribution in [0.15, 0.2) is 24.4 Å². The number of hydrogen-bond acceptors (Lipinski definition) is 6. The highest BCUT2D eigenvalue weighted by atomic mass is 35.5. The standard InChI is InChI=1S/C20H26ClN5O2/c1-12-7-13(2)11-26(10-12)19(27)14-5-6-16(17(8-14)28-4)24-20-23-9-15(21)18(22-3)25-20/h5-6,8-9,12-13H,7,10-11H2,1-4H3,(H2,22,23,24,25). The summed E-state index contributed by atoms with van der Waals surface area (Å²) in [6, 6.07) is 5.36. The van der Waals surface area contributed by atoms with Gasteiger partial charge in [-0.1, -0.05) is 25.4 Å². The number of anilines is 3. The lowest BCUT2D eigenvalue weighted by atomic mass is 9.91. The van der Waals surface area contributed by atoms with Crippen LogP contribution in [0.5, 0.6) is 5.75 Å². The molecular formula is C20H26ClN5O2. The SMILES string of the molecule is CNc1nc(Nc2ccc(C(=O)N3CC(C)CC(C)C3)cc2OC)ncc1Cl. The van der Waals surface area contributed by atoms with E-state index in [2.05, 4.69) is 34.4 Å². The second kappa shape index (κ2) is 8.65. The molecule has 150 valence electrons. The van der Waals surface area contributed by atoms with Crippen LogP contribution in [-0.4, -0.2) is 48.0 Å². The van der Waals surface area contributed by atoms with E-state index in [-0.39, 0.29) is 5.91 Å². The fraction of sp³-hybridized carbons (Fsp3) is 0.450. The van der Waals surface area contributed by atoms with Crippen LogP contribution in [0, 0.1) is 11.8 Å². The smallest absolute Gasteiger partial charge is 0.254 e. The first kappa shape index (κ1) is 20.2. The number of halogens is 1.